The van der Waals surface area contributed by atoms with Gasteiger partial charge in [-0.1, -0.05) is 0 Å². The predicted molar refractivity (Wildman–Crippen MR) is 77.2 cm³/mol. The minimum atomic E-state index is -0.505. The van der Waals surface area contributed by atoms with E-state index >= 15 is 0 Å². The Bertz CT molecular complexity index is 540. The summed E-state index contributed by atoms with van der Waals surface area (Å²) in [5.41, 5.74) is 5.97. The molecule has 6 nitrogen and oxygen atoms in total. The van der Waals surface area contributed by atoms with Crippen LogP contribution in [-0.4, -0.2) is 31.7 Å². The number of carbonyl (C=O) groups excluding carboxylic acids is 1. The molecule has 0 aromatic carbocycles. The summed E-state index contributed by atoms with van der Waals surface area (Å²) in [7, 11) is 0. The summed E-state index contributed by atoms with van der Waals surface area (Å²) in [5, 5.41) is 0. The fraction of sp³-hybridized carbons (Fsp3) is 0.714. The monoisotopic (exact) mass is 280 g/mol. The number of fused-ring (bicyclic) bond motifs is 1. The van der Waals surface area contributed by atoms with Crippen LogP contribution < -0.4 is 5.73 Å². The molecule has 20 heavy (non-hydrogen) atoms. The van der Waals surface area contributed by atoms with Crippen LogP contribution in [0.25, 0.3) is 0 Å². The summed E-state index contributed by atoms with van der Waals surface area (Å²) in [6.45, 7) is 12.5. The van der Waals surface area contributed by atoms with Crippen LogP contribution in [0.1, 0.15) is 46.1 Å². The maximum absolute atomic E-state index is 12.4. The lowest BCUT2D eigenvalue weighted by Gasteiger charge is -2.42. The van der Waals surface area contributed by atoms with Crippen LogP contribution in [-0.2, 0) is 17.8 Å². The lowest BCUT2D eigenvalue weighted by Crippen LogP contribution is -2.54. The number of aromatic nitrogens is 2. The summed E-state index contributed by atoms with van der Waals surface area (Å²) < 4.78 is 7.47. The minimum Gasteiger partial charge on any atom is -0.444 e. The van der Waals surface area contributed by atoms with E-state index in [1.54, 1.807) is 4.90 Å². The van der Waals surface area contributed by atoms with E-state index in [0.717, 1.165) is 11.5 Å². The van der Waals surface area contributed by atoms with E-state index < -0.39 is 5.60 Å². The molecule has 1 aromatic heterocycles. The smallest absolute Gasteiger partial charge is 0.411 e. The van der Waals surface area contributed by atoms with Crippen molar-refractivity contribution in [1.29, 1.82) is 0 Å². The zero-order chi connectivity index (χ0) is 15.3. The van der Waals surface area contributed by atoms with Crippen LogP contribution in [0.5, 0.6) is 0 Å². The highest BCUT2D eigenvalue weighted by Crippen LogP contribution is 2.30. The number of anilines is 1. The van der Waals surface area contributed by atoms with Gasteiger partial charge in [-0.25, -0.2) is 9.78 Å². The number of aryl methyl sites for hydroxylation is 1. The number of ether oxygens (including phenoxy) is 1. The molecule has 1 aliphatic heterocycles. The number of nitrogen functional groups attached to an aromatic ring is 1. The summed E-state index contributed by atoms with van der Waals surface area (Å²) in [4.78, 5) is 18.5. The first-order valence-electron chi connectivity index (χ1n) is 6.83. The van der Waals surface area contributed by atoms with Crippen molar-refractivity contribution in [1.82, 2.24) is 14.5 Å². The highest BCUT2D eigenvalue weighted by Gasteiger charge is 2.39. The molecule has 6 heteroatoms. The number of amides is 1. The number of nitrogens with two attached hydrogens (primary N) is 1. The van der Waals surface area contributed by atoms with E-state index in [4.69, 9.17) is 10.5 Å². The molecule has 1 amide bonds. The summed E-state index contributed by atoms with van der Waals surface area (Å²) in [6, 6.07) is 0. The Labute approximate surface area is 119 Å². The van der Waals surface area contributed by atoms with Gasteiger partial charge in [0, 0.05) is 6.54 Å². The molecule has 0 aliphatic carbocycles. The summed E-state index contributed by atoms with van der Waals surface area (Å²) in [5.74, 6) is 1.49. The third kappa shape index (κ3) is 2.59. The number of nitrogens with zero attached hydrogens (tertiary/aromatic N) is 3. The number of hydrogen-bond donors (Lipinski definition) is 1. The fourth-order valence-corrected chi connectivity index (χ4v) is 2.40. The van der Waals surface area contributed by atoms with Gasteiger partial charge in [-0.3, -0.25) is 4.90 Å². The van der Waals surface area contributed by atoms with Crippen LogP contribution >= 0.6 is 0 Å². The van der Waals surface area contributed by atoms with Crippen LogP contribution in [0.2, 0.25) is 0 Å². The molecule has 0 fully saturated rings. The summed E-state index contributed by atoms with van der Waals surface area (Å²) >= 11 is 0. The Morgan fingerprint density at radius 3 is 2.55 bits per heavy atom. The lowest BCUT2D eigenvalue weighted by molar-refractivity contribution is -0.0102. The Hall–Kier alpha value is -1.72. The number of imidazole rings is 1. The standard InChI is InChI=1S/C14H24N4O2/c1-9-11(15)17-8-14(5,6)18(7-10(17)16-9)12(19)20-13(2,3)4/h7-8,15H2,1-6H3. The third-order valence-corrected chi connectivity index (χ3v) is 3.46. The maximum Gasteiger partial charge on any atom is 0.411 e. The molecular formula is C14H24N4O2. The van der Waals surface area contributed by atoms with Gasteiger partial charge in [0.05, 0.1) is 17.8 Å². The molecule has 2 N–H and O–H groups in total. The number of rotatable bonds is 0. The van der Waals surface area contributed by atoms with E-state index in [2.05, 4.69) is 4.98 Å². The topological polar surface area (TPSA) is 73.4 Å². The molecule has 0 radical (unpaired) electrons. The molecule has 0 unspecified atom stereocenters. The van der Waals surface area contributed by atoms with E-state index in [1.807, 2.05) is 46.1 Å². The largest absolute Gasteiger partial charge is 0.444 e. The molecule has 1 aromatic rings. The molecule has 0 bridgehead atoms. The van der Waals surface area contributed by atoms with Gasteiger partial charge in [-0.05, 0) is 41.5 Å². The molecule has 0 atom stereocenters. The van der Waals surface area contributed by atoms with Crippen molar-refractivity contribution >= 4 is 11.9 Å². The first-order valence-corrected chi connectivity index (χ1v) is 6.83. The lowest BCUT2D eigenvalue weighted by atomic mass is 10.0. The van der Waals surface area contributed by atoms with Gasteiger partial charge >= 0.3 is 6.09 Å². The quantitative estimate of drug-likeness (QED) is 0.791. The van der Waals surface area contributed by atoms with Crippen molar-refractivity contribution in [2.45, 2.75) is 65.8 Å². The SMILES string of the molecule is Cc1nc2n(c1N)CC(C)(C)N(C(=O)OC(C)(C)C)C2. The summed E-state index contributed by atoms with van der Waals surface area (Å²) in [6.07, 6.45) is -0.312. The molecule has 2 rings (SSSR count). The van der Waals surface area contributed by atoms with Crippen molar-refractivity contribution in [3.8, 4) is 0 Å². The second-order valence-electron chi connectivity index (χ2n) is 6.96. The van der Waals surface area contributed by atoms with Crippen molar-refractivity contribution in [2.24, 2.45) is 0 Å². The Balaban J connectivity index is 2.30. The Morgan fingerprint density at radius 1 is 1.40 bits per heavy atom. The van der Waals surface area contributed by atoms with Crippen LogP contribution in [0.15, 0.2) is 0 Å². The minimum absolute atomic E-state index is 0.312. The van der Waals surface area contributed by atoms with Gasteiger partial charge in [0.1, 0.15) is 17.2 Å². The first kappa shape index (κ1) is 14.7. The second kappa shape index (κ2) is 4.40. The Morgan fingerprint density at radius 2 is 2.00 bits per heavy atom. The highest BCUT2D eigenvalue weighted by molar-refractivity contribution is 5.69. The third-order valence-electron chi connectivity index (χ3n) is 3.46. The molecule has 0 spiro atoms. The Kier molecular flexibility index (Phi) is 3.23. The van der Waals surface area contributed by atoms with Gasteiger partial charge in [0.15, 0.2) is 0 Å². The average molecular weight is 280 g/mol. The number of hydrogen-bond acceptors (Lipinski definition) is 4. The fourth-order valence-electron chi connectivity index (χ4n) is 2.40. The molecular weight excluding hydrogens is 256 g/mol. The molecule has 2 heterocycles. The predicted octanol–water partition coefficient (Wildman–Crippen LogP) is 2.30. The maximum atomic E-state index is 12.4. The zero-order valence-electron chi connectivity index (χ0n) is 13.1. The van der Waals surface area contributed by atoms with Gasteiger partial charge in [-0.15, -0.1) is 0 Å². The van der Waals surface area contributed by atoms with Crippen molar-refractivity contribution in [2.75, 3.05) is 5.73 Å². The molecule has 0 saturated heterocycles. The molecule has 1 aliphatic rings. The van der Waals surface area contributed by atoms with Gasteiger partial charge in [0.2, 0.25) is 0 Å². The highest BCUT2D eigenvalue weighted by atomic mass is 16.6. The zero-order valence-corrected chi connectivity index (χ0v) is 13.1. The van der Waals surface area contributed by atoms with Crippen LogP contribution in [0.3, 0.4) is 0 Å². The van der Waals surface area contributed by atoms with E-state index in [-0.39, 0.29) is 11.6 Å². The van der Waals surface area contributed by atoms with E-state index in [9.17, 15) is 4.79 Å². The average Bonchev–Trinajstić information content (AvgIpc) is 2.51. The van der Waals surface area contributed by atoms with Crippen molar-refractivity contribution in [3.63, 3.8) is 0 Å². The van der Waals surface area contributed by atoms with E-state index in [1.165, 1.54) is 0 Å². The van der Waals surface area contributed by atoms with Gasteiger partial charge in [-0.2, -0.15) is 0 Å². The normalized spacial score (nSPS) is 17.8. The van der Waals surface area contributed by atoms with Crippen molar-refractivity contribution in [3.05, 3.63) is 11.5 Å². The van der Waals surface area contributed by atoms with Crippen LogP contribution in [0.4, 0.5) is 10.6 Å². The van der Waals surface area contributed by atoms with E-state index in [0.29, 0.717) is 18.9 Å². The van der Waals surface area contributed by atoms with Gasteiger partial charge in [0.25, 0.3) is 0 Å². The van der Waals surface area contributed by atoms with Crippen LogP contribution in [0, 0.1) is 6.92 Å². The van der Waals surface area contributed by atoms with Gasteiger partial charge < -0.3 is 15.0 Å². The number of carbonyl (C=O) groups is 1. The van der Waals surface area contributed by atoms with Crippen molar-refractivity contribution < 1.29 is 9.53 Å². The second-order valence-corrected chi connectivity index (χ2v) is 6.96. The molecule has 0 saturated carbocycles. The molecule has 112 valence electrons. The first-order chi connectivity index (χ1) is 9.01.